The van der Waals surface area contributed by atoms with Gasteiger partial charge in [-0.1, -0.05) is 12.1 Å². The van der Waals surface area contributed by atoms with Crippen molar-refractivity contribution in [2.45, 2.75) is 6.92 Å². The first-order chi connectivity index (χ1) is 10.3. The number of phenolic OH excluding ortho intramolecular Hbond substituents is 1. The number of hydrogen-bond donors (Lipinski definition) is 2. The van der Waals surface area contributed by atoms with E-state index in [2.05, 4.69) is 25.2 Å². The fourth-order valence-corrected chi connectivity index (χ4v) is 1.82. The Morgan fingerprint density at radius 2 is 2.19 bits per heavy atom. The van der Waals surface area contributed by atoms with E-state index in [1.54, 1.807) is 30.6 Å². The van der Waals surface area contributed by atoms with Crippen LogP contribution >= 0.6 is 0 Å². The van der Waals surface area contributed by atoms with Crippen molar-refractivity contribution in [3.05, 3.63) is 36.0 Å². The van der Waals surface area contributed by atoms with Gasteiger partial charge in [-0.2, -0.15) is 15.1 Å². The maximum absolute atomic E-state index is 9.73. The summed E-state index contributed by atoms with van der Waals surface area (Å²) in [6.45, 7) is 2.31. The van der Waals surface area contributed by atoms with E-state index in [-0.39, 0.29) is 11.8 Å². The Bertz CT molecular complexity index is 797. The first-order valence-corrected chi connectivity index (χ1v) is 6.44. The zero-order valence-corrected chi connectivity index (χ0v) is 11.3. The van der Waals surface area contributed by atoms with Crippen LogP contribution in [-0.4, -0.2) is 38.1 Å². The van der Waals surface area contributed by atoms with Gasteiger partial charge in [0.05, 0.1) is 18.2 Å². The summed E-state index contributed by atoms with van der Waals surface area (Å²) in [6, 6.07) is 7.16. The number of H-pyrrole nitrogens is 1. The molecule has 2 heterocycles. The van der Waals surface area contributed by atoms with Crippen LogP contribution in [0.25, 0.3) is 11.0 Å². The van der Waals surface area contributed by atoms with Gasteiger partial charge < -0.3 is 9.84 Å². The molecule has 2 N–H and O–H groups in total. The summed E-state index contributed by atoms with van der Waals surface area (Å²) in [4.78, 5) is 12.7. The summed E-state index contributed by atoms with van der Waals surface area (Å²) in [6.07, 6.45) is 3.14. The average Bonchev–Trinajstić information content (AvgIpc) is 2.95. The molecule has 0 fully saturated rings. The van der Waals surface area contributed by atoms with Gasteiger partial charge in [-0.3, -0.25) is 5.10 Å². The molecule has 0 unspecified atom stereocenters. The molecule has 3 rings (SSSR count). The fraction of sp³-hybridized carbons (Fsp3) is 0.143. The number of nitrogens with one attached hydrogen (secondary N) is 1. The van der Waals surface area contributed by atoms with Crippen LogP contribution in [0.4, 0.5) is 5.82 Å². The molecule has 0 atom stereocenters. The summed E-state index contributed by atoms with van der Waals surface area (Å²) in [7, 11) is 0. The van der Waals surface area contributed by atoms with Crippen LogP contribution in [0.1, 0.15) is 12.5 Å². The first-order valence-electron chi connectivity index (χ1n) is 6.44. The Morgan fingerprint density at radius 3 is 3.00 bits per heavy atom. The minimum atomic E-state index is 0.156. The van der Waals surface area contributed by atoms with Crippen LogP contribution in [0.5, 0.6) is 11.8 Å². The Morgan fingerprint density at radius 1 is 1.33 bits per heavy atom. The third-order valence-corrected chi connectivity index (χ3v) is 2.81. The predicted octanol–water partition coefficient (Wildman–Crippen LogP) is 2.21. The van der Waals surface area contributed by atoms with Gasteiger partial charge in [-0.25, -0.2) is 4.99 Å². The lowest BCUT2D eigenvalue weighted by molar-refractivity contribution is 0.314. The molecule has 0 aliphatic rings. The number of aromatic hydroxyl groups is 1. The molecule has 0 bridgehead atoms. The number of nitrogens with zero attached hydrogens (tertiary/aromatic N) is 4. The second kappa shape index (κ2) is 5.58. The Hall–Kier alpha value is -2.96. The number of para-hydroxylation sites is 1. The van der Waals surface area contributed by atoms with Crippen molar-refractivity contribution >= 4 is 23.1 Å². The lowest BCUT2D eigenvalue weighted by Gasteiger charge is -2.02. The monoisotopic (exact) mass is 283 g/mol. The van der Waals surface area contributed by atoms with Crippen molar-refractivity contribution in [2.75, 3.05) is 6.61 Å². The smallest absolute Gasteiger partial charge is 0.320 e. The maximum Gasteiger partial charge on any atom is 0.320 e. The van der Waals surface area contributed by atoms with Crippen LogP contribution in [0, 0.1) is 0 Å². The van der Waals surface area contributed by atoms with Crippen LogP contribution < -0.4 is 4.74 Å². The molecule has 106 valence electrons. The highest BCUT2D eigenvalue weighted by Gasteiger charge is 2.09. The van der Waals surface area contributed by atoms with E-state index < -0.39 is 0 Å². The number of aromatic nitrogens is 4. The molecular weight excluding hydrogens is 270 g/mol. The maximum atomic E-state index is 9.73. The molecule has 7 nitrogen and oxygen atoms in total. The molecule has 0 amide bonds. The number of benzene rings is 1. The predicted molar refractivity (Wildman–Crippen MR) is 78.2 cm³/mol. The molecule has 7 heteroatoms. The van der Waals surface area contributed by atoms with Gasteiger partial charge in [0.2, 0.25) is 0 Å². The minimum absolute atomic E-state index is 0.156. The van der Waals surface area contributed by atoms with E-state index >= 15 is 0 Å². The highest BCUT2D eigenvalue weighted by Crippen LogP contribution is 2.24. The normalized spacial score (nSPS) is 11.3. The lowest BCUT2D eigenvalue weighted by atomic mass is 10.2. The number of hydrogen-bond acceptors (Lipinski definition) is 6. The van der Waals surface area contributed by atoms with Gasteiger partial charge in [0, 0.05) is 11.8 Å². The van der Waals surface area contributed by atoms with Crippen molar-refractivity contribution in [1.82, 2.24) is 20.2 Å². The van der Waals surface area contributed by atoms with Crippen LogP contribution in [0.3, 0.4) is 0 Å². The SMILES string of the molecule is CCOc1nc(N=Cc2ccccc2O)c2cn[nH]c2n1. The van der Waals surface area contributed by atoms with Crippen molar-refractivity contribution in [3.63, 3.8) is 0 Å². The topological polar surface area (TPSA) is 96.3 Å². The van der Waals surface area contributed by atoms with Crippen molar-refractivity contribution in [2.24, 2.45) is 4.99 Å². The Kier molecular flexibility index (Phi) is 3.46. The number of ether oxygens (including phenoxy) is 1. The van der Waals surface area contributed by atoms with Gasteiger partial charge >= 0.3 is 6.01 Å². The molecule has 21 heavy (non-hydrogen) atoms. The van der Waals surface area contributed by atoms with Crippen molar-refractivity contribution in [1.29, 1.82) is 0 Å². The van der Waals surface area contributed by atoms with Gasteiger partial charge in [0.15, 0.2) is 11.5 Å². The highest BCUT2D eigenvalue weighted by atomic mass is 16.5. The lowest BCUT2D eigenvalue weighted by Crippen LogP contribution is -1.97. The zero-order chi connectivity index (χ0) is 14.7. The molecule has 0 saturated carbocycles. The summed E-state index contributed by atoms with van der Waals surface area (Å²) < 4.78 is 5.31. The molecule has 2 aromatic heterocycles. The molecule has 1 aromatic carbocycles. The largest absolute Gasteiger partial charge is 0.507 e. The summed E-state index contributed by atoms with van der Waals surface area (Å²) in [5.41, 5.74) is 1.16. The van der Waals surface area contributed by atoms with Gasteiger partial charge in [-0.05, 0) is 19.1 Å². The van der Waals surface area contributed by atoms with E-state index in [0.717, 1.165) is 0 Å². The van der Waals surface area contributed by atoms with E-state index in [9.17, 15) is 5.11 Å². The molecular formula is C14H13N5O2. The van der Waals surface area contributed by atoms with E-state index in [1.165, 1.54) is 0 Å². The number of aliphatic imine (C=N–C) groups is 1. The zero-order valence-electron chi connectivity index (χ0n) is 11.3. The van der Waals surface area contributed by atoms with E-state index in [1.807, 2.05) is 13.0 Å². The minimum Gasteiger partial charge on any atom is -0.507 e. The number of rotatable bonds is 4. The van der Waals surface area contributed by atoms with Gasteiger partial charge in [0.25, 0.3) is 0 Å². The third kappa shape index (κ3) is 2.66. The average molecular weight is 283 g/mol. The molecule has 0 aliphatic heterocycles. The summed E-state index contributed by atoms with van der Waals surface area (Å²) >= 11 is 0. The number of fused-ring (bicyclic) bond motifs is 1. The summed E-state index contributed by atoms with van der Waals surface area (Å²) in [5, 5.41) is 17.1. The number of aromatic amines is 1. The summed E-state index contributed by atoms with van der Waals surface area (Å²) in [5.74, 6) is 0.587. The first kappa shape index (κ1) is 13.0. The molecule has 3 aromatic rings. The Balaban J connectivity index is 2.03. The second-order valence-corrected chi connectivity index (χ2v) is 4.21. The fourth-order valence-electron chi connectivity index (χ4n) is 1.82. The molecule has 0 spiro atoms. The van der Waals surface area contributed by atoms with Crippen LogP contribution in [0.15, 0.2) is 35.5 Å². The Labute approximate surface area is 120 Å². The van der Waals surface area contributed by atoms with Gasteiger partial charge in [0.1, 0.15) is 5.75 Å². The molecule has 0 saturated heterocycles. The quantitative estimate of drug-likeness (QED) is 0.715. The van der Waals surface area contributed by atoms with Crippen molar-refractivity contribution < 1.29 is 9.84 Å². The van der Waals surface area contributed by atoms with Crippen LogP contribution in [-0.2, 0) is 0 Å². The van der Waals surface area contributed by atoms with Crippen LogP contribution in [0.2, 0.25) is 0 Å². The third-order valence-electron chi connectivity index (χ3n) is 2.81. The molecule has 0 aliphatic carbocycles. The standard InChI is InChI=1S/C14H13N5O2/c1-2-21-14-17-12(10-8-16-19-13(10)18-14)15-7-9-5-3-4-6-11(9)20/h3-8,20H,2H2,1H3,(H,16,17,18,19). The molecule has 0 radical (unpaired) electrons. The van der Waals surface area contributed by atoms with E-state index in [0.29, 0.717) is 29.0 Å². The van der Waals surface area contributed by atoms with E-state index in [4.69, 9.17) is 4.74 Å². The number of phenols is 1. The second-order valence-electron chi connectivity index (χ2n) is 4.21. The van der Waals surface area contributed by atoms with Crippen molar-refractivity contribution in [3.8, 4) is 11.8 Å². The highest BCUT2D eigenvalue weighted by molar-refractivity contribution is 5.90. The van der Waals surface area contributed by atoms with Gasteiger partial charge in [-0.15, -0.1) is 0 Å².